The van der Waals surface area contributed by atoms with Gasteiger partial charge in [-0.25, -0.2) is 19.2 Å². The van der Waals surface area contributed by atoms with E-state index in [2.05, 4.69) is 25.6 Å². The minimum Gasteiger partial charge on any atom is -0.338 e. The maximum absolute atomic E-state index is 14.2. The number of amides is 2. The molecule has 0 unspecified atom stereocenters. The van der Waals surface area contributed by atoms with Crippen molar-refractivity contribution in [1.82, 2.24) is 24.8 Å². The van der Waals surface area contributed by atoms with Crippen molar-refractivity contribution in [2.75, 3.05) is 11.9 Å². The number of urea groups is 1. The summed E-state index contributed by atoms with van der Waals surface area (Å²) in [4.78, 5) is 24.4. The summed E-state index contributed by atoms with van der Waals surface area (Å²) < 4.78 is 15.7. The average molecular weight is 339 g/mol. The summed E-state index contributed by atoms with van der Waals surface area (Å²) >= 11 is 0. The summed E-state index contributed by atoms with van der Waals surface area (Å²) in [5, 5.41) is 14.3. The van der Waals surface area contributed by atoms with Gasteiger partial charge < -0.3 is 9.88 Å². The number of fused-ring (bicyclic) bond motifs is 1. The van der Waals surface area contributed by atoms with E-state index in [0.29, 0.717) is 12.2 Å². The zero-order valence-corrected chi connectivity index (χ0v) is 13.5. The van der Waals surface area contributed by atoms with Crippen LogP contribution in [0.15, 0.2) is 24.3 Å². The molecule has 0 aliphatic heterocycles. The Balaban J connectivity index is 2.24. The van der Waals surface area contributed by atoms with Gasteiger partial charge in [-0.05, 0) is 19.1 Å². The molecule has 3 aromatic rings. The predicted octanol–water partition coefficient (Wildman–Crippen LogP) is 2.18. The zero-order chi connectivity index (χ0) is 18.0. The van der Waals surface area contributed by atoms with Gasteiger partial charge in [-0.2, -0.15) is 10.2 Å². The third-order valence-electron chi connectivity index (χ3n) is 3.51. The predicted molar refractivity (Wildman–Crippen MR) is 89.1 cm³/mol. The lowest BCUT2D eigenvalue weighted by Crippen LogP contribution is -2.29. The van der Waals surface area contributed by atoms with Crippen LogP contribution in [0.2, 0.25) is 0 Å². The molecule has 1 aromatic carbocycles. The Kier molecular flexibility index (Phi) is 4.26. The Labute approximate surface area is 142 Å². The van der Waals surface area contributed by atoms with E-state index in [4.69, 9.17) is 0 Å². The topological polar surface area (TPSA) is 109 Å². The highest BCUT2D eigenvalue weighted by molar-refractivity contribution is 5.92. The number of imidazole rings is 1. The first-order chi connectivity index (χ1) is 12.0. The standard InChI is InChI=1S/C16H14FN7O/c1-3-19-16(25)23-15-21-12(9-6-4-5-7-10(9)17)13-14(22-15)24(2)11(8-18)20-13/h4-7H,3H2,1-2H3,(H2,19,21,22,23,25). The van der Waals surface area contributed by atoms with Gasteiger partial charge in [0.05, 0.1) is 0 Å². The summed E-state index contributed by atoms with van der Waals surface area (Å²) in [6.07, 6.45) is 0. The van der Waals surface area contributed by atoms with Crippen molar-refractivity contribution < 1.29 is 9.18 Å². The summed E-state index contributed by atoms with van der Waals surface area (Å²) in [5.74, 6) is -0.392. The summed E-state index contributed by atoms with van der Waals surface area (Å²) in [5.41, 5.74) is 1.01. The Hall–Kier alpha value is -3.54. The molecule has 0 aliphatic rings. The Morgan fingerprint density at radius 1 is 1.32 bits per heavy atom. The number of halogens is 1. The van der Waals surface area contributed by atoms with E-state index in [1.54, 1.807) is 32.2 Å². The van der Waals surface area contributed by atoms with Gasteiger partial charge in [0.1, 0.15) is 23.1 Å². The first-order valence-corrected chi connectivity index (χ1v) is 7.49. The third kappa shape index (κ3) is 2.97. The number of rotatable bonds is 3. The van der Waals surface area contributed by atoms with E-state index in [0.717, 1.165) is 0 Å². The van der Waals surface area contributed by atoms with E-state index in [-0.39, 0.29) is 28.5 Å². The quantitative estimate of drug-likeness (QED) is 0.760. The second kappa shape index (κ2) is 6.52. The van der Waals surface area contributed by atoms with Gasteiger partial charge in [-0.15, -0.1) is 0 Å². The molecule has 0 aliphatic carbocycles. The molecule has 25 heavy (non-hydrogen) atoms. The number of hydrogen-bond donors (Lipinski definition) is 2. The number of carbonyl (C=O) groups excluding carboxylic acids is 1. The fourth-order valence-corrected chi connectivity index (χ4v) is 2.36. The van der Waals surface area contributed by atoms with Gasteiger partial charge in [0.2, 0.25) is 11.8 Å². The van der Waals surface area contributed by atoms with Crippen LogP contribution in [0, 0.1) is 17.1 Å². The molecule has 2 aromatic heterocycles. The van der Waals surface area contributed by atoms with E-state index in [1.807, 2.05) is 6.07 Å². The number of hydrogen-bond acceptors (Lipinski definition) is 5. The number of anilines is 1. The van der Waals surface area contributed by atoms with Crippen molar-refractivity contribution in [3.8, 4) is 17.3 Å². The van der Waals surface area contributed by atoms with E-state index < -0.39 is 11.8 Å². The first kappa shape index (κ1) is 16.3. The molecule has 0 atom stereocenters. The van der Waals surface area contributed by atoms with Gasteiger partial charge in [0, 0.05) is 19.2 Å². The van der Waals surface area contributed by atoms with Gasteiger partial charge >= 0.3 is 6.03 Å². The lowest BCUT2D eigenvalue weighted by atomic mass is 10.1. The van der Waals surface area contributed by atoms with Crippen LogP contribution >= 0.6 is 0 Å². The van der Waals surface area contributed by atoms with Gasteiger partial charge in [-0.1, -0.05) is 12.1 Å². The van der Waals surface area contributed by atoms with E-state index in [1.165, 1.54) is 10.6 Å². The molecule has 0 fully saturated rings. The van der Waals surface area contributed by atoms with Crippen LogP contribution in [0.4, 0.5) is 15.1 Å². The summed E-state index contributed by atoms with van der Waals surface area (Å²) in [6, 6.07) is 7.54. The fraction of sp³-hybridized carbons (Fsp3) is 0.188. The maximum Gasteiger partial charge on any atom is 0.321 e. The van der Waals surface area contributed by atoms with Crippen LogP contribution in [-0.4, -0.2) is 32.1 Å². The van der Waals surface area contributed by atoms with Crippen LogP contribution in [0.25, 0.3) is 22.4 Å². The Morgan fingerprint density at radius 3 is 2.76 bits per heavy atom. The van der Waals surface area contributed by atoms with Crippen molar-refractivity contribution in [3.05, 3.63) is 35.9 Å². The molecule has 2 amide bonds. The molecule has 0 spiro atoms. The SMILES string of the molecule is CCNC(=O)Nc1nc(-c2ccccc2F)c2nc(C#N)n(C)c2n1. The highest BCUT2D eigenvalue weighted by atomic mass is 19.1. The van der Waals surface area contributed by atoms with Crippen LogP contribution in [-0.2, 0) is 7.05 Å². The second-order valence-electron chi connectivity index (χ2n) is 5.14. The smallest absolute Gasteiger partial charge is 0.321 e. The molecule has 3 rings (SSSR count). The highest BCUT2D eigenvalue weighted by Crippen LogP contribution is 2.28. The maximum atomic E-state index is 14.2. The van der Waals surface area contributed by atoms with Crippen molar-refractivity contribution in [2.45, 2.75) is 6.92 Å². The lowest BCUT2D eigenvalue weighted by molar-refractivity contribution is 0.252. The number of nitrogens with one attached hydrogen (secondary N) is 2. The van der Waals surface area contributed by atoms with Crippen LogP contribution in [0.3, 0.4) is 0 Å². The molecule has 126 valence electrons. The number of aromatic nitrogens is 4. The molecule has 0 radical (unpaired) electrons. The third-order valence-corrected chi connectivity index (χ3v) is 3.51. The van der Waals surface area contributed by atoms with Crippen LogP contribution in [0.5, 0.6) is 0 Å². The van der Waals surface area contributed by atoms with Gasteiger partial charge in [0.15, 0.2) is 5.65 Å². The van der Waals surface area contributed by atoms with Gasteiger partial charge in [-0.3, -0.25) is 5.32 Å². The highest BCUT2D eigenvalue weighted by Gasteiger charge is 2.19. The average Bonchev–Trinajstić information content (AvgIpc) is 2.91. The normalized spacial score (nSPS) is 10.5. The minimum atomic E-state index is -0.490. The lowest BCUT2D eigenvalue weighted by Gasteiger charge is -2.08. The zero-order valence-electron chi connectivity index (χ0n) is 13.5. The molecular formula is C16H14FN7O. The Morgan fingerprint density at radius 2 is 2.08 bits per heavy atom. The number of carbonyl (C=O) groups is 1. The van der Waals surface area contributed by atoms with Crippen molar-refractivity contribution in [2.24, 2.45) is 7.05 Å². The summed E-state index contributed by atoms with van der Waals surface area (Å²) in [7, 11) is 1.61. The largest absolute Gasteiger partial charge is 0.338 e. The monoisotopic (exact) mass is 339 g/mol. The second-order valence-corrected chi connectivity index (χ2v) is 5.14. The number of nitriles is 1. The molecule has 0 bridgehead atoms. The van der Waals surface area contributed by atoms with Crippen molar-refractivity contribution >= 4 is 23.1 Å². The van der Waals surface area contributed by atoms with E-state index in [9.17, 15) is 14.4 Å². The molecule has 0 saturated heterocycles. The molecule has 9 heteroatoms. The number of benzene rings is 1. The van der Waals surface area contributed by atoms with Crippen LogP contribution in [0.1, 0.15) is 12.7 Å². The number of aryl methyl sites for hydroxylation is 1. The molecule has 8 nitrogen and oxygen atoms in total. The van der Waals surface area contributed by atoms with Crippen molar-refractivity contribution in [1.29, 1.82) is 5.26 Å². The molecule has 2 heterocycles. The van der Waals surface area contributed by atoms with Crippen molar-refractivity contribution in [3.63, 3.8) is 0 Å². The molecule has 2 N–H and O–H groups in total. The fourth-order valence-electron chi connectivity index (χ4n) is 2.36. The van der Waals surface area contributed by atoms with Gasteiger partial charge in [0.25, 0.3) is 0 Å². The molecular weight excluding hydrogens is 325 g/mol. The van der Waals surface area contributed by atoms with Crippen LogP contribution < -0.4 is 10.6 Å². The number of nitrogens with zero attached hydrogens (tertiary/aromatic N) is 5. The Bertz CT molecular complexity index is 1010. The summed E-state index contributed by atoms with van der Waals surface area (Å²) in [6.45, 7) is 2.20. The minimum absolute atomic E-state index is 0.0100. The first-order valence-electron chi connectivity index (χ1n) is 7.49. The van der Waals surface area contributed by atoms with E-state index >= 15 is 0 Å². The molecule has 0 saturated carbocycles.